The van der Waals surface area contributed by atoms with Crippen molar-refractivity contribution in [3.05, 3.63) is 30.4 Å². The van der Waals surface area contributed by atoms with Crippen molar-refractivity contribution in [1.29, 1.82) is 5.26 Å². The van der Waals surface area contributed by atoms with Gasteiger partial charge < -0.3 is 9.38 Å². The van der Waals surface area contributed by atoms with Crippen LogP contribution in [0.4, 0.5) is 11.4 Å². The van der Waals surface area contributed by atoms with Crippen molar-refractivity contribution in [3.8, 4) is 6.07 Å². The van der Waals surface area contributed by atoms with Crippen LogP contribution in [0.5, 0.6) is 0 Å². The standard InChI is InChI=1S/C16H23N3/c1-6-19(13(4)5)11-18(12(2)3)15-9-14(10-17)7-8-16(15)19/h7-9,11-13H,6H2,1-5H3. The molecule has 0 fully saturated rings. The van der Waals surface area contributed by atoms with E-state index in [4.69, 9.17) is 5.26 Å². The number of rotatable bonds is 3. The fourth-order valence-electron chi connectivity index (χ4n) is 2.94. The molecule has 0 amide bonds. The molecule has 0 bridgehead atoms. The zero-order valence-corrected chi connectivity index (χ0v) is 12.5. The van der Waals surface area contributed by atoms with Gasteiger partial charge in [0.2, 0.25) is 0 Å². The second-order valence-corrected chi connectivity index (χ2v) is 5.77. The maximum Gasteiger partial charge on any atom is 0.129 e. The minimum Gasteiger partial charge on any atom is -0.463 e. The summed E-state index contributed by atoms with van der Waals surface area (Å²) in [4.78, 5) is 2.31. The first-order chi connectivity index (χ1) is 8.96. The molecule has 0 radical (unpaired) electrons. The lowest BCUT2D eigenvalue weighted by atomic mass is 10.1. The summed E-state index contributed by atoms with van der Waals surface area (Å²) < 4.78 is 0.860. The van der Waals surface area contributed by atoms with Gasteiger partial charge in [0.05, 0.1) is 29.9 Å². The zero-order valence-electron chi connectivity index (χ0n) is 12.5. The molecule has 1 atom stereocenters. The van der Waals surface area contributed by atoms with Crippen LogP contribution in [0, 0.1) is 18.0 Å². The van der Waals surface area contributed by atoms with Gasteiger partial charge in [-0.2, -0.15) is 5.26 Å². The molecule has 3 nitrogen and oxygen atoms in total. The summed E-state index contributed by atoms with van der Waals surface area (Å²) in [5.41, 5.74) is 3.23. The van der Waals surface area contributed by atoms with E-state index in [-0.39, 0.29) is 0 Å². The summed E-state index contributed by atoms with van der Waals surface area (Å²) >= 11 is 0. The highest BCUT2D eigenvalue weighted by Gasteiger charge is 2.36. The summed E-state index contributed by atoms with van der Waals surface area (Å²) in [6.07, 6.45) is 0. The van der Waals surface area contributed by atoms with Crippen LogP contribution in [0.2, 0.25) is 0 Å². The van der Waals surface area contributed by atoms with E-state index in [0.29, 0.717) is 12.1 Å². The van der Waals surface area contributed by atoms with Crippen LogP contribution >= 0.6 is 0 Å². The SMILES string of the molecule is CC[N+]1(C(C)C)[CH-]N(C(C)C)c2cc(C#N)ccc21. The second kappa shape index (κ2) is 4.86. The predicted octanol–water partition coefficient (Wildman–Crippen LogP) is 3.64. The van der Waals surface area contributed by atoms with Crippen molar-refractivity contribution in [1.82, 2.24) is 4.48 Å². The molecule has 3 heteroatoms. The van der Waals surface area contributed by atoms with E-state index < -0.39 is 0 Å². The van der Waals surface area contributed by atoms with Gasteiger partial charge in [-0.1, -0.05) is 0 Å². The molecular weight excluding hydrogens is 234 g/mol. The normalized spacial score (nSPS) is 21.9. The molecule has 0 saturated heterocycles. The number of nitrogens with zero attached hydrogens (tertiary/aromatic N) is 3. The summed E-state index contributed by atoms with van der Waals surface area (Å²) in [5.74, 6) is 0. The number of quaternary nitrogens is 1. The topological polar surface area (TPSA) is 27.0 Å². The fourth-order valence-corrected chi connectivity index (χ4v) is 2.94. The van der Waals surface area contributed by atoms with E-state index in [1.807, 2.05) is 12.1 Å². The molecule has 0 spiro atoms. The first-order valence-electron chi connectivity index (χ1n) is 7.02. The molecule has 1 aliphatic heterocycles. The highest BCUT2D eigenvalue weighted by Crippen LogP contribution is 2.46. The Morgan fingerprint density at radius 3 is 2.47 bits per heavy atom. The Hall–Kier alpha value is -1.53. The van der Waals surface area contributed by atoms with Crippen LogP contribution in [-0.4, -0.2) is 18.6 Å². The minimum absolute atomic E-state index is 0.401. The Bertz CT molecular complexity index is 513. The zero-order chi connectivity index (χ0) is 14.2. The number of hydrogen-bond acceptors (Lipinski definition) is 2. The summed E-state index contributed by atoms with van der Waals surface area (Å²) in [6, 6.07) is 9.20. The Morgan fingerprint density at radius 2 is 2.00 bits per heavy atom. The summed E-state index contributed by atoms with van der Waals surface area (Å²) in [7, 11) is 0. The van der Waals surface area contributed by atoms with Gasteiger partial charge in [0, 0.05) is 6.07 Å². The van der Waals surface area contributed by atoms with Crippen LogP contribution in [0.3, 0.4) is 0 Å². The molecule has 1 heterocycles. The van der Waals surface area contributed by atoms with Gasteiger partial charge in [-0.05, 0) is 59.5 Å². The van der Waals surface area contributed by atoms with Crippen LogP contribution in [0.15, 0.2) is 18.2 Å². The molecular formula is C16H23N3. The molecule has 19 heavy (non-hydrogen) atoms. The number of anilines is 1. The van der Waals surface area contributed by atoms with Crippen molar-refractivity contribution < 1.29 is 0 Å². The molecule has 1 aromatic carbocycles. The largest absolute Gasteiger partial charge is 0.463 e. The van der Waals surface area contributed by atoms with Crippen molar-refractivity contribution in [2.75, 3.05) is 11.4 Å². The van der Waals surface area contributed by atoms with Gasteiger partial charge in [-0.15, -0.1) is 0 Å². The Kier molecular flexibility index (Phi) is 3.56. The van der Waals surface area contributed by atoms with Crippen molar-refractivity contribution in [2.24, 2.45) is 0 Å². The lowest BCUT2D eigenvalue weighted by molar-refractivity contribution is 0.292. The molecule has 0 aliphatic carbocycles. The molecule has 102 valence electrons. The van der Waals surface area contributed by atoms with Crippen molar-refractivity contribution >= 4 is 11.4 Å². The molecule has 0 aromatic heterocycles. The van der Waals surface area contributed by atoms with Crippen LogP contribution in [-0.2, 0) is 0 Å². The Balaban J connectivity index is 2.62. The molecule has 1 aromatic rings. The maximum atomic E-state index is 9.11. The summed E-state index contributed by atoms with van der Waals surface area (Å²) in [6.45, 7) is 14.5. The van der Waals surface area contributed by atoms with Gasteiger partial charge in [0.25, 0.3) is 0 Å². The van der Waals surface area contributed by atoms with E-state index in [0.717, 1.165) is 16.6 Å². The van der Waals surface area contributed by atoms with Gasteiger partial charge >= 0.3 is 0 Å². The van der Waals surface area contributed by atoms with E-state index in [2.05, 4.69) is 58.3 Å². The average Bonchev–Trinajstić information content (AvgIpc) is 2.73. The molecule has 0 N–H and O–H groups in total. The third kappa shape index (κ3) is 2.01. The number of nitriles is 1. The van der Waals surface area contributed by atoms with Crippen molar-refractivity contribution in [3.63, 3.8) is 0 Å². The lowest BCUT2D eigenvalue weighted by Gasteiger charge is -2.47. The minimum atomic E-state index is 0.401. The molecule has 2 rings (SSSR count). The molecule has 1 aliphatic rings. The number of benzene rings is 1. The van der Waals surface area contributed by atoms with Crippen LogP contribution in [0.25, 0.3) is 0 Å². The third-order valence-corrected chi connectivity index (χ3v) is 4.16. The third-order valence-electron chi connectivity index (χ3n) is 4.16. The smallest absolute Gasteiger partial charge is 0.129 e. The molecule has 1 unspecified atom stereocenters. The van der Waals surface area contributed by atoms with Gasteiger partial charge in [0.1, 0.15) is 5.69 Å². The first kappa shape index (κ1) is 13.9. The quantitative estimate of drug-likeness (QED) is 0.610. The molecule has 0 saturated carbocycles. The van der Waals surface area contributed by atoms with Gasteiger partial charge in [0.15, 0.2) is 0 Å². The Morgan fingerprint density at radius 1 is 1.32 bits per heavy atom. The Labute approximate surface area is 116 Å². The predicted molar refractivity (Wildman–Crippen MR) is 80.5 cm³/mol. The fraction of sp³-hybridized carbons (Fsp3) is 0.500. The highest BCUT2D eigenvalue weighted by molar-refractivity contribution is 5.78. The van der Waals surface area contributed by atoms with Gasteiger partial charge in [-0.3, -0.25) is 0 Å². The monoisotopic (exact) mass is 257 g/mol. The van der Waals surface area contributed by atoms with Crippen molar-refractivity contribution in [2.45, 2.75) is 46.7 Å². The summed E-state index contributed by atoms with van der Waals surface area (Å²) in [5, 5.41) is 9.11. The van der Waals surface area contributed by atoms with Gasteiger partial charge in [-0.25, -0.2) is 0 Å². The second-order valence-electron chi connectivity index (χ2n) is 5.77. The van der Waals surface area contributed by atoms with E-state index in [9.17, 15) is 0 Å². The van der Waals surface area contributed by atoms with Crippen LogP contribution < -0.4 is 9.38 Å². The van der Waals surface area contributed by atoms with E-state index in [1.165, 1.54) is 11.4 Å². The average molecular weight is 257 g/mol. The van der Waals surface area contributed by atoms with E-state index >= 15 is 0 Å². The van der Waals surface area contributed by atoms with Crippen LogP contribution in [0.1, 0.15) is 40.2 Å². The lowest BCUT2D eigenvalue weighted by Crippen LogP contribution is -2.52. The highest BCUT2D eigenvalue weighted by atomic mass is 15.5. The number of fused-ring (bicyclic) bond motifs is 1. The van der Waals surface area contributed by atoms with E-state index in [1.54, 1.807) is 0 Å². The maximum absolute atomic E-state index is 9.11. The number of hydrogen-bond donors (Lipinski definition) is 0. The first-order valence-corrected chi connectivity index (χ1v) is 7.02.